The van der Waals surface area contributed by atoms with Crippen LogP contribution in [0.5, 0.6) is 0 Å². The van der Waals surface area contributed by atoms with Crippen molar-refractivity contribution in [1.82, 2.24) is 4.40 Å². The number of anilines is 3. The molecule has 0 atom stereocenters. The molecule has 15 rings (SSSR count). The molecular formula is C61H36N2Se. The summed E-state index contributed by atoms with van der Waals surface area (Å²) in [4.78, 5) is 2.55. The Labute approximate surface area is 375 Å². The fourth-order valence-electron chi connectivity index (χ4n) is 12.1. The quantitative estimate of drug-likeness (QED) is 0.160. The van der Waals surface area contributed by atoms with E-state index in [9.17, 15) is 0 Å². The van der Waals surface area contributed by atoms with Crippen LogP contribution in [-0.2, 0) is 5.41 Å². The summed E-state index contributed by atoms with van der Waals surface area (Å²) in [5.41, 5.74) is 19.8. The van der Waals surface area contributed by atoms with Gasteiger partial charge in [-0.1, -0.05) is 0 Å². The zero-order valence-electron chi connectivity index (χ0n) is 34.6. The van der Waals surface area contributed by atoms with E-state index in [4.69, 9.17) is 0 Å². The zero-order valence-corrected chi connectivity index (χ0v) is 36.3. The molecule has 296 valence electrons. The Morgan fingerprint density at radius 2 is 0.922 bits per heavy atom. The van der Waals surface area contributed by atoms with Crippen LogP contribution in [0.2, 0.25) is 0 Å². The number of nitrogens with zero attached hydrogens (tertiary/aromatic N) is 2. The van der Waals surface area contributed by atoms with Crippen molar-refractivity contribution in [3.63, 3.8) is 0 Å². The van der Waals surface area contributed by atoms with Gasteiger partial charge in [0.2, 0.25) is 0 Å². The van der Waals surface area contributed by atoms with Crippen LogP contribution in [-0.4, -0.2) is 18.9 Å². The van der Waals surface area contributed by atoms with Gasteiger partial charge in [-0.25, -0.2) is 0 Å². The van der Waals surface area contributed by atoms with E-state index in [1.165, 1.54) is 113 Å². The number of para-hydroxylation sites is 2. The summed E-state index contributed by atoms with van der Waals surface area (Å²) in [6.45, 7) is 0. The summed E-state index contributed by atoms with van der Waals surface area (Å²) in [7, 11) is 0. The van der Waals surface area contributed by atoms with Crippen molar-refractivity contribution in [3.05, 3.63) is 241 Å². The van der Waals surface area contributed by atoms with Crippen LogP contribution in [0.3, 0.4) is 0 Å². The number of rotatable bonds is 4. The normalized spacial score (nSPS) is 13.4. The van der Waals surface area contributed by atoms with Gasteiger partial charge in [-0.05, 0) is 0 Å². The minimum atomic E-state index is -0.449. The van der Waals surface area contributed by atoms with E-state index in [-0.39, 0.29) is 14.5 Å². The second-order valence-corrected chi connectivity index (χ2v) is 19.8. The predicted molar refractivity (Wildman–Crippen MR) is 269 cm³/mol. The second-order valence-electron chi connectivity index (χ2n) is 17.5. The van der Waals surface area contributed by atoms with E-state index in [1.54, 1.807) is 0 Å². The van der Waals surface area contributed by atoms with Crippen molar-refractivity contribution >= 4 is 89.0 Å². The van der Waals surface area contributed by atoms with E-state index in [0.717, 1.165) is 17.1 Å². The van der Waals surface area contributed by atoms with Crippen LogP contribution < -0.4 is 4.90 Å². The Morgan fingerprint density at radius 1 is 0.344 bits per heavy atom. The van der Waals surface area contributed by atoms with Gasteiger partial charge < -0.3 is 0 Å². The van der Waals surface area contributed by atoms with Crippen LogP contribution >= 0.6 is 0 Å². The van der Waals surface area contributed by atoms with Crippen molar-refractivity contribution in [2.75, 3.05) is 4.90 Å². The summed E-state index contributed by atoms with van der Waals surface area (Å²) >= 11 is 0.123. The Kier molecular flexibility index (Phi) is 6.92. The van der Waals surface area contributed by atoms with Crippen molar-refractivity contribution in [1.29, 1.82) is 0 Å². The van der Waals surface area contributed by atoms with Crippen LogP contribution in [0.4, 0.5) is 17.1 Å². The monoisotopic (exact) mass is 876 g/mol. The molecule has 2 aliphatic carbocycles. The third-order valence-corrected chi connectivity index (χ3v) is 16.8. The maximum absolute atomic E-state index is 2.59. The molecule has 2 aliphatic rings. The van der Waals surface area contributed by atoms with E-state index >= 15 is 0 Å². The van der Waals surface area contributed by atoms with Gasteiger partial charge in [0, 0.05) is 0 Å². The first-order valence-corrected chi connectivity index (χ1v) is 23.9. The van der Waals surface area contributed by atoms with Gasteiger partial charge in [-0.3, -0.25) is 0 Å². The number of aromatic nitrogens is 1. The molecule has 0 radical (unpaired) electrons. The molecule has 0 saturated carbocycles. The average molecular weight is 876 g/mol. The topological polar surface area (TPSA) is 7.65 Å². The van der Waals surface area contributed by atoms with Gasteiger partial charge in [-0.15, -0.1) is 0 Å². The van der Waals surface area contributed by atoms with Crippen molar-refractivity contribution in [2.45, 2.75) is 5.41 Å². The number of benzene rings is 10. The van der Waals surface area contributed by atoms with Crippen LogP contribution in [0, 0.1) is 0 Å². The Hall–Kier alpha value is -7.68. The van der Waals surface area contributed by atoms with Crippen molar-refractivity contribution in [3.8, 4) is 33.4 Å². The summed E-state index contributed by atoms with van der Waals surface area (Å²) < 4.78 is 5.47. The van der Waals surface area contributed by atoms with Gasteiger partial charge >= 0.3 is 378 Å². The van der Waals surface area contributed by atoms with Gasteiger partial charge in [0.1, 0.15) is 0 Å². The first-order chi connectivity index (χ1) is 31.8. The van der Waals surface area contributed by atoms with Crippen LogP contribution in [0.1, 0.15) is 22.3 Å². The van der Waals surface area contributed by atoms with Gasteiger partial charge in [0.05, 0.1) is 0 Å². The molecule has 3 heteroatoms. The Bertz CT molecular complexity index is 4030. The minimum absolute atomic E-state index is 0.123. The zero-order chi connectivity index (χ0) is 41.7. The molecule has 1 spiro atoms. The second kappa shape index (κ2) is 12.7. The molecule has 0 amide bonds. The average Bonchev–Trinajstić information content (AvgIpc) is 4.06. The summed E-state index contributed by atoms with van der Waals surface area (Å²) in [5.74, 6) is 0. The fraction of sp³-hybridized carbons (Fsp3) is 0.0164. The molecule has 3 aromatic heterocycles. The Balaban J connectivity index is 1.07. The molecule has 0 aliphatic heterocycles. The van der Waals surface area contributed by atoms with E-state index in [1.807, 2.05) is 0 Å². The maximum atomic E-state index is 2.59. The molecule has 2 nitrogen and oxygen atoms in total. The summed E-state index contributed by atoms with van der Waals surface area (Å²) in [6.07, 6.45) is 0. The molecule has 13 aromatic rings. The SMILES string of the molecule is c1ccc(-c2cccc(N(c3ccc4c(c3)C3(c5ccccc5-c5ccccc53)c3ccccc3-4)c3cc4[se]c5cccc6c7cccc8c9ccccc9n(c(c3)c4c56)c78)c2)cc1. The van der Waals surface area contributed by atoms with Gasteiger partial charge in [0.15, 0.2) is 0 Å². The van der Waals surface area contributed by atoms with E-state index in [2.05, 4.69) is 228 Å². The first kappa shape index (κ1) is 34.9. The molecule has 0 N–H and O–H groups in total. The third-order valence-electron chi connectivity index (χ3n) is 14.5. The molecular weight excluding hydrogens is 840 g/mol. The fourth-order valence-corrected chi connectivity index (χ4v) is 14.5. The molecule has 0 unspecified atom stereocenters. The van der Waals surface area contributed by atoms with Crippen LogP contribution in [0.25, 0.3) is 90.8 Å². The van der Waals surface area contributed by atoms with E-state index in [0.29, 0.717) is 0 Å². The standard InChI is InChI=1S/C61H36N2Se/c1-2-15-37(16-3-1)38-17-12-18-39(33-38)62(40-31-32-45-44-21-6-10-28-52(44)61(53(45)34-40)50-26-8-4-19-42(50)43-20-5-9-27-51(43)61)41-35-55-59-57(36-41)64-56-30-14-23-47(58(56)59)49-25-13-24-48-46-22-7-11-29-54(46)63(55)60(48)49/h1-36H. The van der Waals surface area contributed by atoms with Gasteiger partial charge in [0.25, 0.3) is 0 Å². The molecule has 0 bridgehead atoms. The third kappa shape index (κ3) is 4.40. The van der Waals surface area contributed by atoms with Crippen molar-refractivity contribution < 1.29 is 0 Å². The van der Waals surface area contributed by atoms with Gasteiger partial charge in [-0.2, -0.15) is 0 Å². The number of hydrogen-bond donors (Lipinski definition) is 0. The van der Waals surface area contributed by atoms with E-state index < -0.39 is 5.41 Å². The summed E-state index contributed by atoms with van der Waals surface area (Å²) in [5, 5.41) is 8.02. The number of hydrogen-bond acceptors (Lipinski definition) is 1. The molecule has 10 aromatic carbocycles. The first-order valence-electron chi connectivity index (χ1n) is 22.2. The molecule has 0 fully saturated rings. The molecule has 0 saturated heterocycles. The molecule has 3 heterocycles. The predicted octanol–water partition coefficient (Wildman–Crippen LogP) is 15.7. The Morgan fingerprint density at radius 3 is 1.69 bits per heavy atom. The van der Waals surface area contributed by atoms with Crippen molar-refractivity contribution in [2.24, 2.45) is 0 Å². The van der Waals surface area contributed by atoms with Crippen LogP contribution in [0.15, 0.2) is 218 Å². The summed E-state index contributed by atoms with van der Waals surface area (Å²) in [6, 6.07) is 82.5. The number of fused-ring (bicyclic) bond motifs is 15. The molecule has 64 heavy (non-hydrogen) atoms.